The van der Waals surface area contributed by atoms with Crippen LogP contribution in [0.1, 0.15) is 31.2 Å². The lowest BCUT2D eigenvalue weighted by Gasteiger charge is -2.21. The van der Waals surface area contributed by atoms with Gasteiger partial charge >= 0.3 is 0 Å². The Morgan fingerprint density at radius 1 is 1.27 bits per heavy atom. The van der Waals surface area contributed by atoms with Gasteiger partial charge in [-0.05, 0) is 25.0 Å². The summed E-state index contributed by atoms with van der Waals surface area (Å²) in [6.45, 7) is 0. The Hall–Kier alpha value is -1.02. The number of anilines is 1. The van der Waals surface area contributed by atoms with E-state index in [-0.39, 0.29) is 11.3 Å². The summed E-state index contributed by atoms with van der Waals surface area (Å²) in [5, 5.41) is 3.68. The summed E-state index contributed by atoms with van der Waals surface area (Å²) >= 11 is 6.21. The summed E-state index contributed by atoms with van der Waals surface area (Å²) in [7, 11) is 0. The third kappa shape index (κ3) is 1.08. The number of nitrogens with one attached hydrogen (secondary N) is 1. The molecule has 0 bridgehead atoms. The SMILES string of the molecule is O=C1Nc2cccc(Cl)c2C12CCCC2. The van der Waals surface area contributed by atoms with E-state index < -0.39 is 0 Å². The van der Waals surface area contributed by atoms with Crippen molar-refractivity contribution in [2.75, 3.05) is 5.32 Å². The third-order valence-electron chi connectivity index (χ3n) is 3.63. The number of benzene rings is 1. The number of fused-ring (bicyclic) bond motifs is 2. The zero-order valence-corrected chi connectivity index (χ0v) is 9.10. The van der Waals surface area contributed by atoms with Gasteiger partial charge in [0, 0.05) is 16.3 Å². The average molecular weight is 222 g/mol. The second kappa shape index (κ2) is 2.99. The minimum absolute atomic E-state index is 0.142. The molecule has 1 aliphatic heterocycles. The number of hydrogen-bond donors (Lipinski definition) is 1. The van der Waals surface area contributed by atoms with Crippen molar-refractivity contribution in [3.05, 3.63) is 28.8 Å². The zero-order chi connectivity index (χ0) is 10.5. The van der Waals surface area contributed by atoms with Crippen LogP contribution < -0.4 is 5.32 Å². The Labute approximate surface area is 93.6 Å². The first-order valence-corrected chi connectivity index (χ1v) is 5.72. The highest BCUT2D eigenvalue weighted by Crippen LogP contribution is 2.51. The molecule has 15 heavy (non-hydrogen) atoms. The van der Waals surface area contributed by atoms with E-state index in [0.717, 1.165) is 42.0 Å². The molecular weight excluding hydrogens is 210 g/mol. The van der Waals surface area contributed by atoms with Crippen LogP contribution in [0.5, 0.6) is 0 Å². The molecule has 1 heterocycles. The van der Waals surface area contributed by atoms with E-state index in [1.807, 2.05) is 18.2 Å². The van der Waals surface area contributed by atoms with Crippen LogP contribution in [-0.2, 0) is 10.2 Å². The molecule has 0 aromatic heterocycles. The second-order valence-corrected chi connectivity index (χ2v) is 4.81. The van der Waals surface area contributed by atoms with Crippen molar-refractivity contribution in [2.45, 2.75) is 31.1 Å². The number of halogens is 1. The summed E-state index contributed by atoms with van der Waals surface area (Å²) in [6, 6.07) is 5.70. The molecule has 1 fully saturated rings. The maximum atomic E-state index is 12.0. The molecule has 0 unspecified atom stereocenters. The fraction of sp³-hybridized carbons (Fsp3) is 0.417. The molecule has 0 saturated heterocycles. The van der Waals surface area contributed by atoms with Crippen molar-refractivity contribution < 1.29 is 4.79 Å². The highest BCUT2D eigenvalue weighted by molar-refractivity contribution is 6.33. The molecule has 1 aromatic rings. The summed E-state index contributed by atoms with van der Waals surface area (Å²) < 4.78 is 0. The van der Waals surface area contributed by atoms with Gasteiger partial charge in [0.2, 0.25) is 5.91 Å². The van der Waals surface area contributed by atoms with E-state index in [9.17, 15) is 4.79 Å². The smallest absolute Gasteiger partial charge is 0.235 e. The van der Waals surface area contributed by atoms with E-state index >= 15 is 0 Å². The highest BCUT2D eigenvalue weighted by atomic mass is 35.5. The van der Waals surface area contributed by atoms with Crippen LogP contribution in [-0.4, -0.2) is 5.91 Å². The third-order valence-corrected chi connectivity index (χ3v) is 3.95. The predicted octanol–water partition coefficient (Wildman–Crippen LogP) is 3.10. The molecule has 1 aromatic carbocycles. The minimum Gasteiger partial charge on any atom is -0.325 e. The van der Waals surface area contributed by atoms with E-state index in [0.29, 0.717) is 0 Å². The van der Waals surface area contributed by atoms with Crippen molar-refractivity contribution in [3.8, 4) is 0 Å². The summed E-state index contributed by atoms with van der Waals surface area (Å²) in [6.07, 6.45) is 4.13. The molecule has 0 radical (unpaired) electrons. The van der Waals surface area contributed by atoms with Crippen molar-refractivity contribution in [3.63, 3.8) is 0 Å². The monoisotopic (exact) mass is 221 g/mol. The van der Waals surface area contributed by atoms with Crippen molar-refractivity contribution in [2.24, 2.45) is 0 Å². The molecule has 1 aliphatic carbocycles. The van der Waals surface area contributed by atoms with Crippen LogP contribution in [0.25, 0.3) is 0 Å². The second-order valence-electron chi connectivity index (χ2n) is 4.41. The normalized spacial score (nSPS) is 21.8. The average Bonchev–Trinajstić information content (AvgIpc) is 2.77. The topological polar surface area (TPSA) is 29.1 Å². The molecule has 0 atom stereocenters. The maximum Gasteiger partial charge on any atom is 0.235 e. The Morgan fingerprint density at radius 3 is 2.73 bits per heavy atom. The van der Waals surface area contributed by atoms with E-state index in [1.54, 1.807) is 0 Å². The van der Waals surface area contributed by atoms with Crippen molar-refractivity contribution >= 4 is 23.2 Å². The van der Waals surface area contributed by atoms with Gasteiger partial charge in [-0.15, -0.1) is 0 Å². The molecule has 1 amide bonds. The van der Waals surface area contributed by atoms with Gasteiger partial charge in [-0.2, -0.15) is 0 Å². The van der Waals surface area contributed by atoms with Crippen molar-refractivity contribution in [1.29, 1.82) is 0 Å². The molecule has 3 rings (SSSR count). The summed E-state index contributed by atoms with van der Waals surface area (Å²) in [4.78, 5) is 12.0. The summed E-state index contributed by atoms with van der Waals surface area (Å²) in [5.74, 6) is 0.142. The highest BCUT2D eigenvalue weighted by Gasteiger charge is 2.49. The van der Waals surface area contributed by atoms with E-state index in [4.69, 9.17) is 11.6 Å². The number of amides is 1. The Balaban J connectivity index is 2.24. The van der Waals surface area contributed by atoms with Gasteiger partial charge in [0.1, 0.15) is 0 Å². The van der Waals surface area contributed by atoms with Gasteiger partial charge in [0.05, 0.1) is 5.41 Å². The fourth-order valence-electron chi connectivity index (χ4n) is 2.93. The van der Waals surface area contributed by atoms with Crippen LogP contribution in [0.3, 0.4) is 0 Å². The summed E-state index contributed by atoms with van der Waals surface area (Å²) in [5.41, 5.74) is 1.64. The lowest BCUT2D eigenvalue weighted by Crippen LogP contribution is -2.31. The zero-order valence-electron chi connectivity index (χ0n) is 8.35. The number of rotatable bonds is 0. The first kappa shape index (κ1) is 9.22. The van der Waals surface area contributed by atoms with Gasteiger partial charge in [-0.1, -0.05) is 30.5 Å². The van der Waals surface area contributed by atoms with Crippen LogP contribution in [0.4, 0.5) is 5.69 Å². The first-order chi connectivity index (χ1) is 7.24. The molecule has 2 aliphatic rings. The lowest BCUT2D eigenvalue weighted by atomic mass is 9.80. The van der Waals surface area contributed by atoms with E-state index in [2.05, 4.69) is 5.32 Å². The number of carbonyl (C=O) groups excluding carboxylic acids is 1. The Kier molecular flexibility index (Phi) is 1.84. The minimum atomic E-state index is -0.312. The quantitative estimate of drug-likeness (QED) is 0.717. The standard InChI is InChI=1S/C12H12ClNO/c13-8-4-3-5-9-10(8)12(11(15)14-9)6-1-2-7-12/h3-5H,1-2,6-7H2,(H,14,15). The Bertz CT molecular complexity index is 435. The van der Waals surface area contributed by atoms with E-state index in [1.165, 1.54) is 0 Å². The fourth-order valence-corrected chi connectivity index (χ4v) is 3.28. The van der Waals surface area contributed by atoms with Gasteiger partial charge in [0.25, 0.3) is 0 Å². The molecular formula is C12H12ClNO. The van der Waals surface area contributed by atoms with Crippen LogP contribution >= 0.6 is 11.6 Å². The van der Waals surface area contributed by atoms with Crippen LogP contribution in [0, 0.1) is 0 Å². The molecule has 78 valence electrons. The lowest BCUT2D eigenvalue weighted by molar-refractivity contribution is -0.120. The molecule has 2 nitrogen and oxygen atoms in total. The first-order valence-electron chi connectivity index (χ1n) is 5.34. The molecule has 1 saturated carbocycles. The molecule has 1 N–H and O–H groups in total. The van der Waals surface area contributed by atoms with Crippen molar-refractivity contribution in [1.82, 2.24) is 0 Å². The van der Waals surface area contributed by atoms with Gasteiger partial charge in [0.15, 0.2) is 0 Å². The Morgan fingerprint density at radius 2 is 2.00 bits per heavy atom. The van der Waals surface area contributed by atoms with Gasteiger partial charge in [-0.3, -0.25) is 4.79 Å². The largest absolute Gasteiger partial charge is 0.325 e. The van der Waals surface area contributed by atoms with Gasteiger partial charge in [-0.25, -0.2) is 0 Å². The molecule has 1 spiro atoms. The van der Waals surface area contributed by atoms with Crippen LogP contribution in [0.15, 0.2) is 18.2 Å². The number of carbonyl (C=O) groups is 1. The maximum absolute atomic E-state index is 12.0. The predicted molar refractivity (Wildman–Crippen MR) is 60.2 cm³/mol. The molecule has 3 heteroatoms. The van der Waals surface area contributed by atoms with Gasteiger partial charge < -0.3 is 5.32 Å². The number of hydrogen-bond acceptors (Lipinski definition) is 1. The van der Waals surface area contributed by atoms with Crippen LogP contribution in [0.2, 0.25) is 5.02 Å².